The standard InChI is InChI=1S/C18H16F2N2/c1-3-12(4-2)14-6-5-13-7-8-16(15(10-21)11-22)18(19,20)17(13)9-14/h5-9,12H,3-4H2,1-2H3. The summed E-state index contributed by atoms with van der Waals surface area (Å²) in [5.41, 5.74) is 0.108. The molecule has 22 heavy (non-hydrogen) atoms. The number of fused-ring (bicyclic) bond motifs is 1. The van der Waals surface area contributed by atoms with Gasteiger partial charge in [-0.25, -0.2) is 0 Å². The number of alkyl halides is 2. The Morgan fingerprint density at radius 2 is 1.77 bits per heavy atom. The molecule has 0 heterocycles. The Morgan fingerprint density at radius 3 is 2.32 bits per heavy atom. The van der Waals surface area contributed by atoms with Crippen molar-refractivity contribution in [2.45, 2.75) is 38.5 Å². The van der Waals surface area contributed by atoms with E-state index in [0.717, 1.165) is 18.4 Å². The van der Waals surface area contributed by atoms with Crippen LogP contribution in [-0.4, -0.2) is 0 Å². The summed E-state index contributed by atoms with van der Waals surface area (Å²) in [4.78, 5) is 0. The molecule has 0 saturated heterocycles. The number of hydrogen-bond acceptors (Lipinski definition) is 2. The summed E-state index contributed by atoms with van der Waals surface area (Å²) in [7, 11) is 0. The summed E-state index contributed by atoms with van der Waals surface area (Å²) in [6, 6.07) is 8.19. The molecule has 0 aliphatic heterocycles. The minimum Gasteiger partial charge on any atom is -0.196 e. The van der Waals surface area contributed by atoms with Crippen LogP contribution in [0.15, 0.2) is 35.4 Å². The first-order valence-electron chi connectivity index (χ1n) is 7.24. The number of hydrogen-bond donors (Lipinski definition) is 0. The molecule has 0 fully saturated rings. The van der Waals surface area contributed by atoms with Crippen molar-refractivity contribution in [3.05, 3.63) is 52.1 Å². The van der Waals surface area contributed by atoms with Crippen molar-refractivity contribution in [3.63, 3.8) is 0 Å². The molecule has 0 aromatic heterocycles. The van der Waals surface area contributed by atoms with Crippen molar-refractivity contribution in [2.24, 2.45) is 0 Å². The first-order valence-corrected chi connectivity index (χ1v) is 7.24. The van der Waals surface area contributed by atoms with Gasteiger partial charge < -0.3 is 0 Å². The van der Waals surface area contributed by atoms with E-state index >= 15 is 0 Å². The lowest BCUT2D eigenvalue weighted by Crippen LogP contribution is -2.21. The lowest BCUT2D eigenvalue weighted by atomic mass is 9.84. The van der Waals surface area contributed by atoms with Crippen LogP contribution in [0.25, 0.3) is 6.08 Å². The molecule has 0 spiro atoms. The van der Waals surface area contributed by atoms with Crippen LogP contribution in [-0.2, 0) is 5.92 Å². The fraction of sp³-hybridized carbons (Fsp3) is 0.333. The van der Waals surface area contributed by atoms with Crippen LogP contribution in [0.3, 0.4) is 0 Å². The molecular weight excluding hydrogens is 282 g/mol. The van der Waals surface area contributed by atoms with E-state index in [2.05, 4.69) is 0 Å². The zero-order valence-electron chi connectivity index (χ0n) is 12.5. The van der Waals surface area contributed by atoms with E-state index in [-0.39, 0.29) is 11.5 Å². The van der Waals surface area contributed by atoms with Gasteiger partial charge in [-0.2, -0.15) is 19.3 Å². The smallest absolute Gasteiger partial charge is 0.196 e. The summed E-state index contributed by atoms with van der Waals surface area (Å²) in [6.07, 6.45) is 4.45. The van der Waals surface area contributed by atoms with E-state index in [1.807, 2.05) is 19.9 Å². The normalized spacial score (nSPS) is 15.1. The topological polar surface area (TPSA) is 47.6 Å². The molecule has 1 aromatic rings. The van der Waals surface area contributed by atoms with Crippen molar-refractivity contribution in [2.75, 3.05) is 0 Å². The van der Waals surface area contributed by atoms with Crippen LogP contribution in [0.5, 0.6) is 0 Å². The zero-order valence-corrected chi connectivity index (χ0v) is 12.5. The molecule has 0 amide bonds. The van der Waals surface area contributed by atoms with Crippen LogP contribution < -0.4 is 0 Å². The number of nitriles is 2. The quantitative estimate of drug-likeness (QED) is 0.733. The lowest BCUT2D eigenvalue weighted by molar-refractivity contribution is 0.0403. The van der Waals surface area contributed by atoms with Gasteiger partial charge in [0.05, 0.1) is 5.57 Å². The Labute approximate surface area is 129 Å². The van der Waals surface area contributed by atoms with Crippen LogP contribution in [0, 0.1) is 22.7 Å². The maximum atomic E-state index is 14.7. The van der Waals surface area contributed by atoms with Gasteiger partial charge in [0.15, 0.2) is 0 Å². The number of benzene rings is 1. The van der Waals surface area contributed by atoms with Crippen LogP contribution in [0.1, 0.15) is 49.3 Å². The molecule has 4 heteroatoms. The van der Waals surface area contributed by atoms with Crippen molar-refractivity contribution in [3.8, 4) is 12.1 Å². The number of allylic oxidation sites excluding steroid dienone is 3. The zero-order chi connectivity index (χ0) is 16.3. The lowest BCUT2D eigenvalue weighted by Gasteiger charge is -2.26. The highest BCUT2D eigenvalue weighted by atomic mass is 19.3. The van der Waals surface area contributed by atoms with E-state index in [1.165, 1.54) is 18.2 Å². The van der Waals surface area contributed by atoms with Crippen molar-refractivity contribution < 1.29 is 8.78 Å². The van der Waals surface area contributed by atoms with Crippen LogP contribution in [0.4, 0.5) is 8.78 Å². The SMILES string of the molecule is CCC(CC)c1ccc2c(c1)C(F)(F)C(=C(C#N)C#N)C=C2. The molecule has 0 N–H and O–H groups in total. The van der Waals surface area contributed by atoms with Gasteiger partial charge in [-0.05, 0) is 42.0 Å². The summed E-state index contributed by atoms with van der Waals surface area (Å²) in [6.45, 7) is 4.06. The Balaban J connectivity index is 2.64. The van der Waals surface area contributed by atoms with Gasteiger partial charge in [-0.15, -0.1) is 0 Å². The Kier molecular flexibility index (Phi) is 4.43. The molecule has 2 nitrogen and oxygen atoms in total. The molecule has 1 aliphatic carbocycles. The maximum absolute atomic E-state index is 14.7. The second-order valence-electron chi connectivity index (χ2n) is 5.28. The molecule has 0 unspecified atom stereocenters. The van der Waals surface area contributed by atoms with Gasteiger partial charge in [-0.1, -0.05) is 32.1 Å². The van der Waals surface area contributed by atoms with Crippen molar-refractivity contribution in [1.29, 1.82) is 10.5 Å². The average molecular weight is 298 g/mol. The second-order valence-corrected chi connectivity index (χ2v) is 5.28. The number of nitrogens with zero attached hydrogens (tertiary/aromatic N) is 2. The van der Waals surface area contributed by atoms with Gasteiger partial charge in [0.2, 0.25) is 0 Å². The number of halogens is 2. The highest BCUT2D eigenvalue weighted by Gasteiger charge is 2.41. The predicted molar refractivity (Wildman–Crippen MR) is 80.9 cm³/mol. The maximum Gasteiger partial charge on any atom is 0.301 e. The van der Waals surface area contributed by atoms with Crippen LogP contribution >= 0.6 is 0 Å². The van der Waals surface area contributed by atoms with Crippen molar-refractivity contribution >= 4 is 6.08 Å². The third-order valence-corrected chi connectivity index (χ3v) is 4.13. The highest BCUT2D eigenvalue weighted by molar-refractivity contribution is 5.68. The molecule has 0 atom stereocenters. The van der Waals surface area contributed by atoms with Crippen LogP contribution in [0.2, 0.25) is 0 Å². The molecular formula is C18H16F2N2. The largest absolute Gasteiger partial charge is 0.301 e. The van der Waals surface area contributed by atoms with E-state index in [1.54, 1.807) is 18.2 Å². The van der Waals surface area contributed by atoms with E-state index in [0.29, 0.717) is 5.56 Å². The summed E-state index contributed by atoms with van der Waals surface area (Å²) >= 11 is 0. The minimum absolute atomic E-state index is 0.127. The van der Waals surface area contributed by atoms with E-state index in [9.17, 15) is 8.78 Å². The monoisotopic (exact) mass is 298 g/mol. The predicted octanol–water partition coefficient (Wildman–Crippen LogP) is 5.05. The molecule has 112 valence electrons. The molecule has 0 radical (unpaired) electrons. The highest BCUT2D eigenvalue weighted by Crippen LogP contribution is 2.44. The molecule has 2 rings (SSSR count). The fourth-order valence-electron chi connectivity index (χ4n) is 2.81. The third-order valence-electron chi connectivity index (χ3n) is 4.13. The van der Waals surface area contributed by atoms with E-state index < -0.39 is 17.1 Å². The van der Waals surface area contributed by atoms with E-state index in [4.69, 9.17) is 10.5 Å². The average Bonchev–Trinajstić information content (AvgIpc) is 2.52. The first-order chi connectivity index (χ1) is 10.5. The molecule has 0 saturated carbocycles. The Hall–Kier alpha value is -2.46. The molecule has 1 aromatic carbocycles. The van der Waals surface area contributed by atoms with Gasteiger partial charge in [-0.3, -0.25) is 0 Å². The first kappa shape index (κ1) is 15.9. The van der Waals surface area contributed by atoms with Crippen molar-refractivity contribution in [1.82, 2.24) is 0 Å². The fourth-order valence-corrected chi connectivity index (χ4v) is 2.81. The third kappa shape index (κ3) is 2.53. The van der Waals surface area contributed by atoms with Gasteiger partial charge in [0.25, 0.3) is 0 Å². The van der Waals surface area contributed by atoms with Gasteiger partial charge >= 0.3 is 5.92 Å². The Bertz CT molecular complexity index is 710. The summed E-state index contributed by atoms with van der Waals surface area (Å²) in [5.74, 6) is -3.10. The second kappa shape index (κ2) is 6.12. The molecule has 1 aliphatic rings. The number of rotatable bonds is 3. The van der Waals surface area contributed by atoms with Gasteiger partial charge in [0, 0.05) is 5.56 Å². The Morgan fingerprint density at radius 1 is 1.14 bits per heavy atom. The molecule has 0 bridgehead atoms. The summed E-state index contributed by atoms with van der Waals surface area (Å²) in [5, 5.41) is 17.8. The van der Waals surface area contributed by atoms with Gasteiger partial charge in [0.1, 0.15) is 17.7 Å². The summed E-state index contributed by atoms with van der Waals surface area (Å²) < 4.78 is 29.5. The minimum atomic E-state index is -3.33.